The standard InChI is InChI=1S/C14H27N3O.2ClH/c1-14(2,3)16-13(18)9-17-11-4-5-12(17)7-10(6-11)8-15;;/h10-12H,4-9,15H2,1-3H3,(H,16,18);2*1H/t10-,11+,12-;;. The Morgan fingerprint density at radius 3 is 2.10 bits per heavy atom. The molecule has 0 aromatic carbocycles. The quantitative estimate of drug-likeness (QED) is 0.833. The molecule has 2 saturated heterocycles. The molecule has 0 spiro atoms. The smallest absolute Gasteiger partial charge is 0.234 e. The van der Waals surface area contributed by atoms with Crippen LogP contribution in [-0.2, 0) is 4.79 Å². The van der Waals surface area contributed by atoms with Gasteiger partial charge in [-0.05, 0) is 58.9 Å². The fourth-order valence-corrected chi connectivity index (χ4v) is 3.46. The van der Waals surface area contributed by atoms with Gasteiger partial charge in [0.25, 0.3) is 0 Å². The fourth-order valence-electron chi connectivity index (χ4n) is 3.46. The first-order valence-corrected chi connectivity index (χ1v) is 7.16. The van der Waals surface area contributed by atoms with Gasteiger partial charge in [0.05, 0.1) is 6.54 Å². The van der Waals surface area contributed by atoms with E-state index in [-0.39, 0.29) is 36.3 Å². The molecule has 0 radical (unpaired) electrons. The molecule has 2 aliphatic rings. The highest BCUT2D eigenvalue weighted by molar-refractivity contribution is 5.85. The van der Waals surface area contributed by atoms with Crippen molar-refractivity contribution in [3.8, 4) is 0 Å². The first-order valence-electron chi connectivity index (χ1n) is 7.16. The third kappa shape index (κ3) is 5.06. The molecule has 1 amide bonds. The van der Waals surface area contributed by atoms with E-state index < -0.39 is 0 Å². The van der Waals surface area contributed by atoms with Crippen molar-refractivity contribution in [3.63, 3.8) is 0 Å². The highest BCUT2D eigenvalue weighted by atomic mass is 35.5. The van der Waals surface area contributed by atoms with Crippen LogP contribution in [0.5, 0.6) is 0 Å². The van der Waals surface area contributed by atoms with Gasteiger partial charge in [-0.15, -0.1) is 24.8 Å². The number of carbonyl (C=O) groups excluding carboxylic acids is 1. The monoisotopic (exact) mass is 325 g/mol. The van der Waals surface area contributed by atoms with E-state index in [1.807, 2.05) is 20.8 Å². The normalized spacial score (nSPS) is 29.3. The first kappa shape index (κ1) is 20.0. The number of fused-ring (bicyclic) bond motifs is 2. The van der Waals surface area contributed by atoms with Crippen molar-refractivity contribution < 1.29 is 4.79 Å². The van der Waals surface area contributed by atoms with Crippen LogP contribution in [0.2, 0.25) is 0 Å². The molecule has 2 rings (SSSR count). The summed E-state index contributed by atoms with van der Waals surface area (Å²) in [5.74, 6) is 0.829. The first-order chi connectivity index (χ1) is 8.39. The van der Waals surface area contributed by atoms with Crippen molar-refractivity contribution >= 4 is 30.7 Å². The predicted molar refractivity (Wildman–Crippen MR) is 87.7 cm³/mol. The molecule has 2 aliphatic heterocycles. The minimum absolute atomic E-state index is 0. The fraction of sp³-hybridized carbons (Fsp3) is 0.929. The number of carbonyl (C=O) groups is 1. The molecular weight excluding hydrogens is 297 g/mol. The maximum atomic E-state index is 12.0. The number of hydrogen-bond donors (Lipinski definition) is 2. The Bertz CT molecular complexity index is 306. The highest BCUT2D eigenvalue weighted by Crippen LogP contribution is 2.37. The average Bonchev–Trinajstić information content (AvgIpc) is 2.49. The summed E-state index contributed by atoms with van der Waals surface area (Å²) in [6.45, 7) is 7.44. The van der Waals surface area contributed by atoms with Gasteiger partial charge in [0.15, 0.2) is 0 Å². The second-order valence-electron chi connectivity index (χ2n) is 6.93. The van der Waals surface area contributed by atoms with E-state index >= 15 is 0 Å². The summed E-state index contributed by atoms with van der Waals surface area (Å²) in [5, 5.41) is 3.06. The summed E-state index contributed by atoms with van der Waals surface area (Å²) >= 11 is 0. The van der Waals surface area contributed by atoms with Crippen LogP contribution in [0.4, 0.5) is 0 Å². The van der Waals surface area contributed by atoms with Gasteiger partial charge in [0.2, 0.25) is 5.91 Å². The minimum Gasteiger partial charge on any atom is -0.350 e. The van der Waals surface area contributed by atoms with Crippen LogP contribution in [0.3, 0.4) is 0 Å². The molecule has 3 N–H and O–H groups in total. The van der Waals surface area contributed by atoms with E-state index in [0.717, 1.165) is 6.54 Å². The molecule has 2 bridgehead atoms. The number of halogens is 2. The molecule has 20 heavy (non-hydrogen) atoms. The zero-order valence-electron chi connectivity index (χ0n) is 12.7. The van der Waals surface area contributed by atoms with Gasteiger partial charge in [-0.3, -0.25) is 9.69 Å². The van der Waals surface area contributed by atoms with Gasteiger partial charge < -0.3 is 11.1 Å². The summed E-state index contributed by atoms with van der Waals surface area (Å²) in [5.41, 5.74) is 5.65. The Kier molecular flexibility index (Phi) is 7.82. The van der Waals surface area contributed by atoms with E-state index in [9.17, 15) is 4.79 Å². The molecule has 0 saturated carbocycles. The van der Waals surface area contributed by atoms with Crippen LogP contribution in [0.15, 0.2) is 0 Å². The minimum atomic E-state index is -0.133. The maximum absolute atomic E-state index is 12.0. The average molecular weight is 326 g/mol. The molecule has 4 nitrogen and oxygen atoms in total. The Morgan fingerprint density at radius 1 is 1.20 bits per heavy atom. The van der Waals surface area contributed by atoms with Gasteiger partial charge in [0, 0.05) is 17.6 Å². The van der Waals surface area contributed by atoms with E-state index in [4.69, 9.17) is 5.73 Å². The lowest BCUT2D eigenvalue weighted by Gasteiger charge is -2.38. The predicted octanol–water partition coefficient (Wildman–Crippen LogP) is 1.95. The zero-order chi connectivity index (χ0) is 13.3. The SMILES string of the molecule is CC(C)(C)NC(=O)CN1[C@@H]2CC[C@H]1C[C@@H](CN)C2.Cl.Cl. The van der Waals surface area contributed by atoms with Crippen molar-refractivity contribution in [1.82, 2.24) is 10.2 Å². The lowest BCUT2D eigenvalue weighted by atomic mass is 9.91. The number of nitrogens with one attached hydrogen (secondary N) is 1. The summed E-state index contributed by atoms with van der Waals surface area (Å²) < 4.78 is 0. The second kappa shape index (κ2) is 7.83. The van der Waals surface area contributed by atoms with Crippen LogP contribution >= 0.6 is 24.8 Å². The highest BCUT2D eigenvalue weighted by Gasteiger charge is 2.40. The lowest BCUT2D eigenvalue weighted by molar-refractivity contribution is -0.125. The van der Waals surface area contributed by atoms with Gasteiger partial charge in [-0.1, -0.05) is 0 Å². The molecule has 0 aromatic heterocycles. The maximum Gasteiger partial charge on any atom is 0.234 e. The summed E-state index contributed by atoms with van der Waals surface area (Å²) in [4.78, 5) is 14.4. The Labute approximate surface area is 135 Å². The van der Waals surface area contributed by atoms with Crippen molar-refractivity contribution in [2.24, 2.45) is 11.7 Å². The summed E-state index contributed by atoms with van der Waals surface area (Å²) in [6, 6.07) is 1.17. The molecule has 0 aliphatic carbocycles. The largest absolute Gasteiger partial charge is 0.350 e. The lowest BCUT2D eigenvalue weighted by Crippen LogP contribution is -2.51. The molecule has 3 atom stereocenters. The van der Waals surface area contributed by atoms with Crippen molar-refractivity contribution in [2.45, 2.75) is 64.1 Å². The summed E-state index contributed by atoms with van der Waals surface area (Å²) in [7, 11) is 0. The van der Waals surface area contributed by atoms with E-state index in [0.29, 0.717) is 24.5 Å². The van der Waals surface area contributed by atoms with Crippen LogP contribution in [-0.4, -0.2) is 41.5 Å². The Morgan fingerprint density at radius 2 is 1.70 bits per heavy atom. The van der Waals surface area contributed by atoms with Crippen molar-refractivity contribution in [3.05, 3.63) is 0 Å². The third-order valence-corrected chi connectivity index (χ3v) is 4.16. The van der Waals surface area contributed by atoms with E-state index in [2.05, 4.69) is 10.2 Å². The number of hydrogen-bond acceptors (Lipinski definition) is 3. The molecule has 2 fully saturated rings. The molecule has 0 unspecified atom stereocenters. The van der Waals surface area contributed by atoms with Gasteiger partial charge in [0.1, 0.15) is 0 Å². The van der Waals surface area contributed by atoms with Gasteiger partial charge in [-0.25, -0.2) is 0 Å². The second-order valence-corrected chi connectivity index (χ2v) is 6.93. The van der Waals surface area contributed by atoms with Crippen LogP contribution in [0.25, 0.3) is 0 Å². The van der Waals surface area contributed by atoms with Gasteiger partial charge >= 0.3 is 0 Å². The number of nitrogens with zero attached hydrogens (tertiary/aromatic N) is 1. The number of piperidine rings is 1. The van der Waals surface area contributed by atoms with Crippen molar-refractivity contribution in [2.75, 3.05) is 13.1 Å². The van der Waals surface area contributed by atoms with E-state index in [1.165, 1.54) is 25.7 Å². The topological polar surface area (TPSA) is 58.4 Å². The Balaban J connectivity index is 0.00000180. The number of nitrogens with two attached hydrogens (primary N) is 1. The molecule has 120 valence electrons. The van der Waals surface area contributed by atoms with Gasteiger partial charge in [-0.2, -0.15) is 0 Å². The Hall–Kier alpha value is -0.0300. The van der Waals surface area contributed by atoms with Crippen molar-refractivity contribution in [1.29, 1.82) is 0 Å². The molecule has 6 heteroatoms. The third-order valence-electron chi connectivity index (χ3n) is 4.16. The number of amides is 1. The van der Waals surface area contributed by atoms with Crippen LogP contribution < -0.4 is 11.1 Å². The van der Waals surface area contributed by atoms with Crippen LogP contribution in [0.1, 0.15) is 46.5 Å². The van der Waals surface area contributed by atoms with Crippen LogP contribution in [0, 0.1) is 5.92 Å². The summed E-state index contributed by atoms with van der Waals surface area (Å²) in [6.07, 6.45) is 4.83. The zero-order valence-corrected chi connectivity index (χ0v) is 14.4. The van der Waals surface area contributed by atoms with E-state index in [1.54, 1.807) is 0 Å². The molecule has 0 aromatic rings. The molecular formula is C14H29Cl2N3O. The number of rotatable bonds is 3. The molecule has 2 heterocycles.